The maximum absolute atomic E-state index is 15.3. The SMILES string of the molecule is CCCC1CCCc2c1ccc(F)c2-c1cc2c(-c3ccc(N4CCN(C)CC4)cc3)n[nH]c2cn1. The van der Waals surface area contributed by atoms with E-state index in [0.717, 1.165) is 79.6 Å². The van der Waals surface area contributed by atoms with E-state index in [1.807, 2.05) is 12.1 Å². The summed E-state index contributed by atoms with van der Waals surface area (Å²) in [6, 6.07) is 14.3. The van der Waals surface area contributed by atoms with E-state index in [2.05, 4.69) is 63.2 Å². The molecule has 1 atom stereocenters. The van der Waals surface area contributed by atoms with Crippen LogP contribution in [-0.4, -0.2) is 53.3 Å². The van der Waals surface area contributed by atoms with Crippen LogP contribution in [0.25, 0.3) is 33.4 Å². The molecule has 1 unspecified atom stereocenters. The third-order valence-corrected chi connectivity index (χ3v) is 8.07. The van der Waals surface area contributed by atoms with Crippen LogP contribution in [0.2, 0.25) is 0 Å². The quantitative estimate of drug-likeness (QED) is 0.357. The smallest absolute Gasteiger partial charge is 0.132 e. The number of halogens is 1. The van der Waals surface area contributed by atoms with Gasteiger partial charge in [-0.2, -0.15) is 5.10 Å². The van der Waals surface area contributed by atoms with E-state index < -0.39 is 0 Å². The molecule has 4 aromatic rings. The second-order valence-corrected chi connectivity index (χ2v) is 10.4. The predicted octanol–water partition coefficient (Wildman–Crippen LogP) is 6.40. The van der Waals surface area contributed by atoms with Crippen LogP contribution in [-0.2, 0) is 6.42 Å². The molecule has 2 aromatic heterocycles. The van der Waals surface area contributed by atoms with Gasteiger partial charge < -0.3 is 9.80 Å². The van der Waals surface area contributed by atoms with E-state index in [9.17, 15) is 0 Å². The number of hydrogen-bond donors (Lipinski definition) is 1. The van der Waals surface area contributed by atoms with Crippen LogP contribution in [0.1, 0.15) is 49.7 Å². The topological polar surface area (TPSA) is 48.0 Å². The van der Waals surface area contributed by atoms with Crippen molar-refractivity contribution in [3.05, 3.63) is 65.6 Å². The van der Waals surface area contributed by atoms with Crippen molar-refractivity contribution in [2.45, 2.75) is 44.9 Å². The van der Waals surface area contributed by atoms with Crippen LogP contribution >= 0.6 is 0 Å². The summed E-state index contributed by atoms with van der Waals surface area (Å²) >= 11 is 0. The summed E-state index contributed by atoms with van der Waals surface area (Å²) < 4.78 is 15.3. The zero-order valence-corrected chi connectivity index (χ0v) is 21.2. The van der Waals surface area contributed by atoms with Crippen LogP contribution in [0.4, 0.5) is 10.1 Å². The second-order valence-electron chi connectivity index (χ2n) is 10.4. The largest absolute Gasteiger partial charge is 0.369 e. The molecule has 0 saturated carbocycles. The summed E-state index contributed by atoms with van der Waals surface area (Å²) in [5, 5.41) is 8.72. The molecule has 1 N–H and O–H groups in total. The van der Waals surface area contributed by atoms with Crippen molar-refractivity contribution in [2.75, 3.05) is 38.1 Å². The fraction of sp³-hybridized carbons (Fsp3) is 0.400. The van der Waals surface area contributed by atoms with Gasteiger partial charge >= 0.3 is 0 Å². The molecule has 1 saturated heterocycles. The molecule has 2 aromatic carbocycles. The maximum Gasteiger partial charge on any atom is 0.132 e. The zero-order chi connectivity index (χ0) is 24.6. The fourth-order valence-corrected chi connectivity index (χ4v) is 6.06. The standard InChI is InChI=1S/C30H34FN5/c1-3-5-20-6-4-7-24-23(20)12-13-26(31)29(24)27-18-25-28(19-32-27)33-34-30(25)21-8-10-22(11-9-21)36-16-14-35(2)15-17-36/h8-13,18-20H,3-7,14-17H2,1-2H3,(H,33,34). The van der Waals surface area contributed by atoms with Crippen molar-refractivity contribution in [3.63, 3.8) is 0 Å². The number of nitrogens with one attached hydrogen (secondary N) is 1. The first kappa shape index (κ1) is 23.2. The van der Waals surface area contributed by atoms with Crippen LogP contribution in [0.3, 0.4) is 0 Å². The van der Waals surface area contributed by atoms with Gasteiger partial charge in [-0.15, -0.1) is 0 Å². The number of fused-ring (bicyclic) bond motifs is 2. The van der Waals surface area contributed by atoms with E-state index in [4.69, 9.17) is 0 Å². The minimum Gasteiger partial charge on any atom is -0.369 e. The molecule has 186 valence electrons. The second kappa shape index (κ2) is 9.66. The molecule has 5 nitrogen and oxygen atoms in total. The summed E-state index contributed by atoms with van der Waals surface area (Å²) in [5.41, 5.74) is 7.88. The normalized spacial score (nSPS) is 18.5. The zero-order valence-electron chi connectivity index (χ0n) is 21.2. The lowest BCUT2D eigenvalue weighted by molar-refractivity contribution is 0.313. The number of pyridine rings is 1. The number of nitrogens with zero attached hydrogens (tertiary/aromatic N) is 4. The van der Waals surface area contributed by atoms with E-state index in [-0.39, 0.29) is 5.82 Å². The van der Waals surface area contributed by atoms with Crippen LogP contribution in [0.15, 0.2) is 48.7 Å². The van der Waals surface area contributed by atoms with E-state index >= 15 is 4.39 Å². The summed E-state index contributed by atoms with van der Waals surface area (Å²) in [4.78, 5) is 9.48. The Morgan fingerprint density at radius 2 is 1.86 bits per heavy atom. The number of rotatable bonds is 5. The van der Waals surface area contributed by atoms with Gasteiger partial charge in [0.25, 0.3) is 0 Å². The highest BCUT2D eigenvalue weighted by Gasteiger charge is 2.25. The molecule has 1 aliphatic heterocycles. The molecule has 1 fully saturated rings. The lowest BCUT2D eigenvalue weighted by atomic mass is 9.78. The Morgan fingerprint density at radius 1 is 1.06 bits per heavy atom. The van der Waals surface area contributed by atoms with Crippen molar-refractivity contribution in [1.82, 2.24) is 20.1 Å². The minimum absolute atomic E-state index is 0.181. The number of aromatic amines is 1. The van der Waals surface area contributed by atoms with Gasteiger partial charge in [-0.3, -0.25) is 10.1 Å². The number of likely N-dealkylation sites (N-methyl/N-ethyl adjacent to an activating group) is 1. The Bertz CT molecular complexity index is 1370. The number of aromatic nitrogens is 3. The predicted molar refractivity (Wildman–Crippen MR) is 145 cm³/mol. The third kappa shape index (κ3) is 4.17. The average Bonchev–Trinajstić information content (AvgIpc) is 3.33. The highest BCUT2D eigenvalue weighted by Crippen LogP contribution is 2.41. The lowest BCUT2D eigenvalue weighted by Crippen LogP contribution is -2.44. The van der Waals surface area contributed by atoms with Gasteiger partial charge in [0.05, 0.1) is 17.4 Å². The van der Waals surface area contributed by atoms with Crippen LogP contribution in [0, 0.1) is 5.82 Å². The molecule has 6 rings (SSSR count). The number of anilines is 1. The van der Waals surface area contributed by atoms with Gasteiger partial charge in [-0.25, -0.2) is 4.39 Å². The molecule has 0 spiro atoms. The van der Waals surface area contributed by atoms with Crippen molar-refractivity contribution in [2.24, 2.45) is 0 Å². The Kier molecular flexibility index (Phi) is 6.22. The number of H-pyrrole nitrogens is 1. The third-order valence-electron chi connectivity index (χ3n) is 8.07. The molecular weight excluding hydrogens is 449 g/mol. The molecule has 3 heterocycles. The first-order chi connectivity index (χ1) is 17.6. The monoisotopic (exact) mass is 483 g/mol. The van der Waals surface area contributed by atoms with E-state index in [1.165, 1.54) is 17.7 Å². The average molecular weight is 484 g/mol. The molecule has 0 amide bonds. The molecule has 1 aliphatic carbocycles. The van der Waals surface area contributed by atoms with Gasteiger partial charge in [-0.05, 0) is 74.0 Å². The number of benzene rings is 2. The Morgan fingerprint density at radius 3 is 2.64 bits per heavy atom. The van der Waals surface area contributed by atoms with Gasteiger partial charge in [0.2, 0.25) is 0 Å². The van der Waals surface area contributed by atoms with E-state index in [0.29, 0.717) is 17.2 Å². The molecule has 2 aliphatic rings. The maximum atomic E-state index is 15.3. The van der Waals surface area contributed by atoms with Crippen LogP contribution in [0.5, 0.6) is 0 Å². The van der Waals surface area contributed by atoms with Gasteiger partial charge in [-0.1, -0.05) is 31.5 Å². The minimum atomic E-state index is -0.181. The van der Waals surface area contributed by atoms with Crippen molar-refractivity contribution in [3.8, 4) is 22.5 Å². The van der Waals surface area contributed by atoms with Crippen molar-refractivity contribution < 1.29 is 4.39 Å². The summed E-state index contributed by atoms with van der Waals surface area (Å²) in [6.45, 7) is 6.48. The first-order valence-corrected chi connectivity index (χ1v) is 13.3. The molecule has 36 heavy (non-hydrogen) atoms. The van der Waals surface area contributed by atoms with Crippen molar-refractivity contribution >= 4 is 16.6 Å². The summed E-state index contributed by atoms with van der Waals surface area (Å²) in [7, 11) is 2.17. The Balaban J connectivity index is 1.36. The van der Waals surface area contributed by atoms with Gasteiger partial charge in [0.1, 0.15) is 11.5 Å². The van der Waals surface area contributed by atoms with Crippen LogP contribution < -0.4 is 4.90 Å². The highest BCUT2D eigenvalue weighted by atomic mass is 19.1. The first-order valence-electron chi connectivity index (χ1n) is 13.3. The summed E-state index contributed by atoms with van der Waals surface area (Å²) in [5.74, 6) is 0.337. The Hall–Kier alpha value is -3.25. The molecule has 0 bridgehead atoms. The number of piperazine rings is 1. The van der Waals surface area contributed by atoms with Gasteiger partial charge in [0, 0.05) is 48.4 Å². The number of hydrogen-bond acceptors (Lipinski definition) is 4. The molecule has 0 radical (unpaired) electrons. The Labute approximate surface area is 212 Å². The molecular formula is C30H34FN5. The highest BCUT2D eigenvalue weighted by molar-refractivity contribution is 5.95. The fourth-order valence-electron chi connectivity index (χ4n) is 6.06. The van der Waals surface area contributed by atoms with Crippen molar-refractivity contribution in [1.29, 1.82) is 0 Å². The van der Waals surface area contributed by atoms with E-state index in [1.54, 1.807) is 12.3 Å². The molecule has 6 heteroatoms. The van der Waals surface area contributed by atoms with Gasteiger partial charge in [0.15, 0.2) is 0 Å². The summed E-state index contributed by atoms with van der Waals surface area (Å²) in [6.07, 6.45) is 7.30. The lowest BCUT2D eigenvalue weighted by Gasteiger charge is -2.34.